The second-order valence-electron chi connectivity index (χ2n) is 5.18. The largest absolute Gasteiger partial charge is 0.493 e. The van der Waals surface area contributed by atoms with Crippen molar-refractivity contribution < 1.29 is 35.3 Å². The third-order valence-electron chi connectivity index (χ3n) is 3.44. The van der Waals surface area contributed by atoms with Gasteiger partial charge in [-0.1, -0.05) is 11.2 Å². The predicted molar refractivity (Wildman–Crippen MR) is 91.4 cm³/mol. The number of ether oxygens (including phenoxy) is 2. The summed E-state index contributed by atoms with van der Waals surface area (Å²) in [5, 5.41) is 12.5. The van der Waals surface area contributed by atoms with Crippen molar-refractivity contribution in [2.45, 2.75) is 11.1 Å². The minimum atomic E-state index is -4.73. The van der Waals surface area contributed by atoms with Gasteiger partial charge in [-0.3, -0.25) is 4.28 Å². The molecule has 7 nitrogen and oxygen atoms in total. The number of nitriles is 1. The molecular formula is C17H13F3N2O5S. The SMILES string of the molecule is COc1ccc(/C(C#N)=N/OS(=O)(=O)c2cccc(C(F)(F)F)c2)cc1OC. The highest BCUT2D eigenvalue weighted by atomic mass is 32.2. The van der Waals surface area contributed by atoms with Crippen molar-refractivity contribution in [3.05, 3.63) is 53.6 Å². The van der Waals surface area contributed by atoms with E-state index in [0.717, 1.165) is 12.1 Å². The Morgan fingerprint density at radius 1 is 1.07 bits per heavy atom. The molecule has 2 aromatic carbocycles. The number of hydrogen-bond acceptors (Lipinski definition) is 7. The molecule has 0 fully saturated rings. The van der Waals surface area contributed by atoms with Gasteiger partial charge < -0.3 is 9.47 Å². The second kappa shape index (κ2) is 8.18. The Morgan fingerprint density at radius 2 is 1.75 bits per heavy atom. The molecule has 0 saturated carbocycles. The van der Waals surface area contributed by atoms with E-state index in [1.807, 2.05) is 0 Å². The fourth-order valence-corrected chi connectivity index (χ4v) is 2.85. The van der Waals surface area contributed by atoms with Gasteiger partial charge in [0.2, 0.25) is 0 Å². The molecule has 11 heteroatoms. The molecule has 0 aliphatic heterocycles. The lowest BCUT2D eigenvalue weighted by Crippen LogP contribution is -2.09. The first-order valence-electron chi connectivity index (χ1n) is 7.44. The average Bonchev–Trinajstić information content (AvgIpc) is 2.67. The van der Waals surface area contributed by atoms with E-state index in [2.05, 4.69) is 9.44 Å². The van der Waals surface area contributed by atoms with Gasteiger partial charge in [0.1, 0.15) is 11.0 Å². The van der Waals surface area contributed by atoms with Gasteiger partial charge in [-0.05, 0) is 36.4 Å². The molecule has 0 saturated heterocycles. The Hall–Kier alpha value is -3.26. The van der Waals surface area contributed by atoms with Crippen molar-refractivity contribution in [1.82, 2.24) is 0 Å². The minimum Gasteiger partial charge on any atom is -0.493 e. The lowest BCUT2D eigenvalue weighted by atomic mass is 10.1. The maximum atomic E-state index is 12.8. The van der Waals surface area contributed by atoms with Crippen LogP contribution in [0.15, 0.2) is 52.5 Å². The number of nitrogens with zero attached hydrogens (tertiary/aromatic N) is 2. The summed E-state index contributed by atoms with van der Waals surface area (Å²) in [5.74, 6) is 0.615. The Balaban J connectivity index is 2.36. The van der Waals surface area contributed by atoms with Gasteiger partial charge in [-0.25, -0.2) is 0 Å². The molecule has 0 spiro atoms. The quantitative estimate of drug-likeness (QED) is 0.531. The lowest BCUT2D eigenvalue weighted by molar-refractivity contribution is -0.137. The zero-order valence-electron chi connectivity index (χ0n) is 14.5. The number of methoxy groups -OCH3 is 2. The van der Waals surface area contributed by atoms with Crippen molar-refractivity contribution in [3.8, 4) is 17.6 Å². The first-order valence-corrected chi connectivity index (χ1v) is 8.84. The van der Waals surface area contributed by atoms with Crippen molar-refractivity contribution in [3.63, 3.8) is 0 Å². The minimum absolute atomic E-state index is 0.152. The summed E-state index contributed by atoms with van der Waals surface area (Å²) in [6.45, 7) is 0. The molecule has 0 bridgehead atoms. The van der Waals surface area contributed by atoms with Crippen molar-refractivity contribution in [2.24, 2.45) is 5.16 Å². The van der Waals surface area contributed by atoms with E-state index in [4.69, 9.17) is 9.47 Å². The van der Waals surface area contributed by atoms with Crippen LogP contribution in [0.1, 0.15) is 11.1 Å². The van der Waals surface area contributed by atoms with Gasteiger partial charge in [0.15, 0.2) is 17.2 Å². The van der Waals surface area contributed by atoms with Crippen LogP contribution in [0.3, 0.4) is 0 Å². The van der Waals surface area contributed by atoms with Crippen LogP contribution in [-0.2, 0) is 20.6 Å². The van der Waals surface area contributed by atoms with Crippen molar-refractivity contribution >= 4 is 15.8 Å². The first kappa shape index (κ1) is 21.0. The molecule has 0 atom stereocenters. The van der Waals surface area contributed by atoms with Crippen LogP contribution in [0.4, 0.5) is 13.2 Å². The van der Waals surface area contributed by atoms with Crippen LogP contribution < -0.4 is 9.47 Å². The van der Waals surface area contributed by atoms with E-state index in [0.29, 0.717) is 17.9 Å². The van der Waals surface area contributed by atoms with Gasteiger partial charge in [0.25, 0.3) is 0 Å². The smallest absolute Gasteiger partial charge is 0.416 e. The summed E-state index contributed by atoms with van der Waals surface area (Å²) in [6, 6.07) is 8.84. The van der Waals surface area contributed by atoms with Crippen LogP contribution in [0, 0.1) is 11.3 Å². The molecule has 28 heavy (non-hydrogen) atoms. The molecule has 148 valence electrons. The van der Waals surface area contributed by atoms with E-state index < -0.39 is 32.5 Å². The van der Waals surface area contributed by atoms with E-state index in [1.54, 1.807) is 6.07 Å². The Morgan fingerprint density at radius 3 is 2.32 bits per heavy atom. The van der Waals surface area contributed by atoms with Crippen LogP contribution >= 0.6 is 0 Å². The topological polar surface area (TPSA) is 98.0 Å². The number of hydrogen-bond donors (Lipinski definition) is 0. The van der Waals surface area contributed by atoms with Gasteiger partial charge in [0.05, 0.1) is 19.8 Å². The van der Waals surface area contributed by atoms with E-state index in [9.17, 15) is 26.9 Å². The highest BCUT2D eigenvalue weighted by Crippen LogP contribution is 2.31. The van der Waals surface area contributed by atoms with E-state index >= 15 is 0 Å². The maximum Gasteiger partial charge on any atom is 0.416 e. The molecule has 0 amide bonds. The maximum absolute atomic E-state index is 12.8. The van der Waals surface area contributed by atoms with Gasteiger partial charge in [0, 0.05) is 5.56 Å². The number of halogens is 3. The Bertz CT molecular complexity index is 1040. The molecule has 0 radical (unpaired) electrons. The highest BCUT2D eigenvalue weighted by Gasteiger charge is 2.32. The molecular weight excluding hydrogens is 401 g/mol. The zero-order valence-corrected chi connectivity index (χ0v) is 15.3. The third-order valence-corrected chi connectivity index (χ3v) is 4.54. The summed E-state index contributed by atoms with van der Waals surface area (Å²) < 4.78 is 77.1. The first-order chi connectivity index (χ1) is 13.1. The standard InChI is InChI=1S/C17H13F3N2O5S/c1-25-15-7-6-11(8-16(15)26-2)14(10-21)22-27-28(23,24)13-5-3-4-12(9-13)17(18,19)20/h3-9H,1-2H3/b22-14+. The lowest BCUT2D eigenvalue weighted by Gasteiger charge is -2.09. The molecule has 2 aromatic rings. The molecule has 0 aliphatic carbocycles. The van der Waals surface area contributed by atoms with E-state index in [1.165, 1.54) is 32.4 Å². The summed E-state index contributed by atoms with van der Waals surface area (Å²) in [7, 11) is -1.91. The number of oxime groups is 1. The Kier molecular flexibility index (Phi) is 6.15. The van der Waals surface area contributed by atoms with E-state index in [-0.39, 0.29) is 11.3 Å². The molecule has 2 rings (SSSR count). The van der Waals surface area contributed by atoms with Crippen LogP contribution in [0.2, 0.25) is 0 Å². The van der Waals surface area contributed by atoms with Crippen molar-refractivity contribution in [1.29, 1.82) is 5.26 Å². The van der Waals surface area contributed by atoms with Gasteiger partial charge in [-0.2, -0.15) is 26.9 Å². The van der Waals surface area contributed by atoms with Crippen LogP contribution in [-0.4, -0.2) is 28.3 Å². The molecule has 0 heterocycles. The molecule has 0 N–H and O–H groups in total. The average molecular weight is 414 g/mol. The fourth-order valence-electron chi connectivity index (χ4n) is 2.08. The summed E-state index contributed by atoms with van der Waals surface area (Å²) in [6.07, 6.45) is -4.73. The fraction of sp³-hybridized carbons (Fsp3) is 0.176. The van der Waals surface area contributed by atoms with Gasteiger partial charge in [-0.15, -0.1) is 0 Å². The summed E-state index contributed by atoms with van der Waals surface area (Å²) >= 11 is 0. The highest BCUT2D eigenvalue weighted by molar-refractivity contribution is 7.86. The van der Waals surface area contributed by atoms with Crippen molar-refractivity contribution in [2.75, 3.05) is 14.2 Å². The molecule has 0 aliphatic rings. The molecule has 0 unspecified atom stereocenters. The number of alkyl halides is 3. The summed E-state index contributed by atoms with van der Waals surface area (Å²) in [5.41, 5.74) is -1.45. The second-order valence-corrected chi connectivity index (χ2v) is 6.70. The predicted octanol–water partition coefficient (Wildman–Crippen LogP) is 3.36. The van der Waals surface area contributed by atoms with Crippen LogP contribution in [0.5, 0.6) is 11.5 Å². The third kappa shape index (κ3) is 4.72. The normalized spacial score (nSPS) is 12.2. The van der Waals surface area contributed by atoms with Crippen LogP contribution in [0.25, 0.3) is 0 Å². The van der Waals surface area contributed by atoms with Gasteiger partial charge >= 0.3 is 16.3 Å². The molecule has 0 aromatic heterocycles. The Labute approximate surface area is 158 Å². The number of rotatable bonds is 6. The monoisotopic (exact) mass is 414 g/mol. The summed E-state index contributed by atoms with van der Waals surface area (Å²) in [4.78, 5) is -0.754. The zero-order chi connectivity index (χ0) is 20.9. The number of benzene rings is 2.